The van der Waals surface area contributed by atoms with Crippen molar-refractivity contribution in [3.8, 4) is 0 Å². The SMILES string of the molecule is CCOC(=O)C1=Cc2c3nc(cc4nc(cc5[nH]c(cc6[nH]c2c(CC)c6CC)c(CC)c5CC)C(CC)=C4CC)[C@H](CC)[C@]13CC. The van der Waals surface area contributed by atoms with Crippen LogP contribution in [0.3, 0.4) is 0 Å². The van der Waals surface area contributed by atoms with Gasteiger partial charge < -0.3 is 14.7 Å². The van der Waals surface area contributed by atoms with Crippen LogP contribution in [0.4, 0.5) is 0 Å². The quantitative estimate of drug-likeness (QED) is 0.218. The lowest BCUT2D eigenvalue weighted by Crippen LogP contribution is -2.34. The number of esters is 1. The first-order valence-corrected chi connectivity index (χ1v) is 18.2. The molecule has 8 bridgehead atoms. The van der Waals surface area contributed by atoms with Crippen LogP contribution in [0.15, 0.2) is 23.8 Å². The number of hydrogen-bond donors (Lipinski definition) is 2. The van der Waals surface area contributed by atoms with Gasteiger partial charge in [-0.15, -0.1) is 0 Å². The number of carbonyl (C=O) groups is 1. The van der Waals surface area contributed by atoms with Crippen LogP contribution in [-0.4, -0.2) is 32.5 Å². The highest BCUT2D eigenvalue weighted by Crippen LogP contribution is 2.57. The summed E-state index contributed by atoms with van der Waals surface area (Å²) >= 11 is 0. The fourth-order valence-corrected chi connectivity index (χ4v) is 9.06. The predicted molar refractivity (Wildman–Crippen MR) is 196 cm³/mol. The number of fused-ring (bicyclic) bond motifs is 8. The normalized spacial score (nSPS) is 18.7. The molecule has 2 N–H and O–H groups in total. The summed E-state index contributed by atoms with van der Waals surface area (Å²) in [4.78, 5) is 32.5. The molecular formula is C41H52N4O2. The number of hydrogen-bond acceptors (Lipinski definition) is 4. The molecule has 6 heteroatoms. The van der Waals surface area contributed by atoms with Gasteiger partial charge in [0.25, 0.3) is 0 Å². The molecule has 5 heterocycles. The van der Waals surface area contributed by atoms with Crippen LogP contribution in [0, 0.1) is 0 Å². The molecule has 47 heavy (non-hydrogen) atoms. The Hall–Kier alpha value is -3.93. The van der Waals surface area contributed by atoms with Crippen LogP contribution < -0.4 is 0 Å². The van der Waals surface area contributed by atoms with E-state index in [1.807, 2.05) is 6.92 Å². The summed E-state index contributed by atoms with van der Waals surface area (Å²) in [6.45, 7) is 20.1. The van der Waals surface area contributed by atoms with Gasteiger partial charge in [-0.05, 0) is 116 Å². The Morgan fingerprint density at radius 3 is 1.85 bits per heavy atom. The zero-order chi connectivity index (χ0) is 33.6. The Bertz CT molecular complexity index is 1970. The molecule has 0 radical (unpaired) electrons. The van der Waals surface area contributed by atoms with Crippen LogP contribution in [0.1, 0.15) is 145 Å². The van der Waals surface area contributed by atoms with Crippen molar-refractivity contribution in [2.75, 3.05) is 6.61 Å². The van der Waals surface area contributed by atoms with Crippen molar-refractivity contribution in [2.45, 2.75) is 125 Å². The minimum atomic E-state index is -0.552. The molecule has 3 aromatic heterocycles. The lowest BCUT2D eigenvalue weighted by atomic mass is 9.67. The van der Waals surface area contributed by atoms with Gasteiger partial charge in [0.1, 0.15) is 0 Å². The minimum absolute atomic E-state index is 0.0336. The summed E-state index contributed by atoms with van der Waals surface area (Å²) in [6, 6.07) is 6.84. The van der Waals surface area contributed by atoms with Crippen molar-refractivity contribution in [3.63, 3.8) is 0 Å². The van der Waals surface area contributed by atoms with Crippen LogP contribution in [0.2, 0.25) is 0 Å². The highest BCUT2D eigenvalue weighted by Gasteiger charge is 2.54. The summed E-state index contributed by atoms with van der Waals surface area (Å²) in [5, 5.41) is 0. The summed E-state index contributed by atoms with van der Waals surface area (Å²) < 4.78 is 5.76. The van der Waals surface area contributed by atoms with Crippen LogP contribution in [-0.2, 0) is 40.6 Å². The van der Waals surface area contributed by atoms with E-state index in [-0.39, 0.29) is 11.9 Å². The molecule has 0 amide bonds. The van der Waals surface area contributed by atoms with E-state index in [0.717, 1.165) is 107 Å². The third-order valence-corrected chi connectivity index (χ3v) is 11.1. The van der Waals surface area contributed by atoms with Gasteiger partial charge in [-0.3, -0.25) is 4.98 Å². The van der Waals surface area contributed by atoms with Crippen LogP contribution in [0.5, 0.6) is 0 Å². The molecule has 0 fully saturated rings. The van der Waals surface area contributed by atoms with E-state index in [1.54, 1.807) is 0 Å². The Labute approximate surface area is 280 Å². The number of H-pyrrole nitrogens is 2. The second kappa shape index (κ2) is 12.9. The Kier molecular flexibility index (Phi) is 9.08. The van der Waals surface area contributed by atoms with Gasteiger partial charge in [0.15, 0.2) is 0 Å². The molecule has 0 unspecified atom stereocenters. The maximum atomic E-state index is 13.9. The molecule has 3 aromatic rings. The third kappa shape index (κ3) is 4.85. The van der Waals surface area contributed by atoms with Crippen molar-refractivity contribution < 1.29 is 9.53 Å². The van der Waals surface area contributed by atoms with Crippen molar-refractivity contribution in [1.29, 1.82) is 0 Å². The second-order valence-electron chi connectivity index (χ2n) is 13.0. The van der Waals surface area contributed by atoms with E-state index in [9.17, 15) is 4.79 Å². The second-order valence-corrected chi connectivity index (χ2v) is 13.0. The molecule has 6 nitrogen and oxygen atoms in total. The Balaban J connectivity index is 1.88. The first kappa shape index (κ1) is 33.0. The number of carbonyl (C=O) groups excluding carboxylic acids is 1. The summed E-state index contributed by atoms with van der Waals surface area (Å²) in [6.07, 6.45) is 9.21. The van der Waals surface area contributed by atoms with E-state index < -0.39 is 5.41 Å². The lowest BCUT2D eigenvalue weighted by molar-refractivity contribution is -0.139. The van der Waals surface area contributed by atoms with Crippen molar-refractivity contribution >= 4 is 45.3 Å². The van der Waals surface area contributed by atoms with E-state index in [0.29, 0.717) is 6.61 Å². The number of aromatic nitrogens is 4. The molecule has 1 aliphatic carbocycles. The maximum absolute atomic E-state index is 13.9. The molecular weight excluding hydrogens is 580 g/mol. The average molecular weight is 633 g/mol. The van der Waals surface area contributed by atoms with Gasteiger partial charge >= 0.3 is 5.97 Å². The molecule has 3 aliphatic rings. The number of aromatic amines is 2. The molecule has 0 spiro atoms. The van der Waals surface area contributed by atoms with E-state index in [2.05, 4.69) is 89.6 Å². The number of allylic oxidation sites excluding steroid dienone is 2. The van der Waals surface area contributed by atoms with E-state index >= 15 is 0 Å². The van der Waals surface area contributed by atoms with Crippen LogP contribution >= 0.6 is 0 Å². The Morgan fingerprint density at radius 2 is 1.30 bits per heavy atom. The Morgan fingerprint density at radius 1 is 0.723 bits per heavy atom. The van der Waals surface area contributed by atoms with E-state index in [1.165, 1.54) is 33.4 Å². The highest BCUT2D eigenvalue weighted by molar-refractivity contribution is 6.03. The van der Waals surface area contributed by atoms with Crippen molar-refractivity contribution in [2.24, 2.45) is 0 Å². The maximum Gasteiger partial charge on any atom is 0.335 e. The highest BCUT2D eigenvalue weighted by atomic mass is 16.5. The molecule has 0 saturated carbocycles. The fraction of sp³-hybridized carbons (Fsp3) is 0.488. The summed E-state index contributed by atoms with van der Waals surface area (Å²) in [7, 11) is 0. The topological polar surface area (TPSA) is 83.7 Å². The molecule has 6 rings (SSSR count). The minimum Gasteiger partial charge on any atom is -0.463 e. The number of ether oxygens (including phenoxy) is 1. The van der Waals surface area contributed by atoms with Gasteiger partial charge in [-0.1, -0.05) is 55.4 Å². The fourth-order valence-electron chi connectivity index (χ4n) is 9.06. The van der Waals surface area contributed by atoms with Gasteiger partial charge in [0.2, 0.25) is 0 Å². The zero-order valence-electron chi connectivity index (χ0n) is 30.0. The lowest BCUT2D eigenvalue weighted by Gasteiger charge is -2.33. The first-order chi connectivity index (χ1) is 22.8. The van der Waals surface area contributed by atoms with Gasteiger partial charge in [0.05, 0.1) is 40.2 Å². The number of aryl methyl sites for hydroxylation is 4. The summed E-state index contributed by atoms with van der Waals surface area (Å²) in [5.41, 5.74) is 17.7. The average Bonchev–Trinajstić information content (AvgIpc) is 3.84. The largest absolute Gasteiger partial charge is 0.463 e. The zero-order valence-corrected chi connectivity index (χ0v) is 30.0. The van der Waals surface area contributed by atoms with Gasteiger partial charge in [-0.25, -0.2) is 9.78 Å². The first-order valence-electron chi connectivity index (χ1n) is 18.2. The molecule has 0 aromatic carbocycles. The predicted octanol–water partition coefficient (Wildman–Crippen LogP) is 10.1. The molecule has 0 saturated heterocycles. The smallest absolute Gasteiger partial charge is 0.335 e. The number of nitrogens with one attached hydrogen (secondary N) is 2. The third-order valence-electron chi connectivity index (χ3n) is 11.1. The standard InChI is InChI=1S/C41H52N4O2/c1-10-23-24(11-2)34-21-36-27(14-5)28(15-6)38(44-36)29-19-31(40(46)47-18-9)41(17-8)30(16-7)37(45-39(29)41)22-35-26(13-4)25(12-3)33(43-35)20-32(23)42-34/h19-22,30,42,44H,10-18H2,1-9H3/t30-,41+/m0/s1. The van der Waals surface area contributed by atoms with Gasteiger partial charge in [0, 0.05) is 33.7 Å². The van der Waals surface area contributed by atoms with Gasteiger partial charge in [-0.2, -0.15) is 0 Å². The molecule has 2 atom stereocenters. The molecule has 2 aliphatic heterocycles. The number of rotatable bonds is 10. The van der Waals surface area contributed by atoms with Crippen molar-refractivity contribution in [1.82, 2.24) is 19.9 Å². The van der Waals surface area contributed by atoms with Crippen LogP contribution in [0.25, 0.3) is 39.3 Å². The summed E-state index contributed by atoms with van der Waals surface area (Å²) in [5.74, 6) is -0.200. The van der Waals surface area contributed by atoms with Crippen molar-refractivity contribution in [3.05, 3.63) is 74.4 Å². The monoisotopic (exact) mass is 632 g/mol. The van der Waals surface area contributed by atoms with E-state index in [4.69, 9.17) is 14.7 Å². The molecule has 248 valence electrons. The number of nitrogens with zero attached hydrogens (tertiary/aromatic N) is 2.